The molecule has 18 atom stereocenters. The van der Waals surface area contributed by atoms with Crippen molar-refractivity contribution in [2.45, 2.75) is 237 Å². The van der Waals surface area contributed by atoms with Crippen molar-refractivity contribution in [2.24, 2.45) is 28.8 Å². The van der Waals surface area contributed by atoms with Crippen LogP contribution in [-0.2, 0) is 47.6 Å². The Morgan fingerprint density at radius 3 is 2.15 bits per heavy atom. The van der Waals surface area contributed by atoms with Crippen molar-refractivity contribution in [2.75, 3.05) is 34.4 Å². The summed E-state index contributed by atoms with van der Waals surface area (Å²) in [5.41, 5.74) is -4.50. The normalized spacial score (nSPS) is 39.0. The van der Waals surface area contributed by atoms with Gasteiger partial charge in [-0.2, -0.15) is 0 Å². The molecule has 3 fully saturated rings. The molecule has 0 aromatic heterocycles. The van der Waals surface area contributed by atoms with Gasteiger partial charge in [0.1, 0.15) is 35.8 Å². The fourth-order valence-corrected chi connectivity index (χ4v) is 11.0. The summed E-state index contributed by atoms with van der Waals surface area (Å²) < 4.78 is 50.9. The molecule has 1 aromatic rings. The van der Waals surface area contributed by atoms with Crippen LogP contribution in [0.15, 0.2) is 35.5 Å². The van der Waals surface area contributed by atoms with Crippen molar-refractivity contribution in [1.29, 1.82) is 0 Å². The molecule has 0 spiro atoms. The fourth-order valence-electron chi connectivity index (χ4n) is 11.0. The molecule has 0 saturated carbocycles. The number of hydrogen-bond acceptors (Lipinski definition) is 17. The van der Waals surface area contributed by atoms with Gasteiger partial charge in [-0.05, 0) is 93.5 Å². The van der Waals surface area contributed by atoms with Crippen LogP contribution in [0, 0.1) is 23.7 Å². The molecular weight excluding hydrogens is 929 g/mol. The van der Waals surface area contributed by atoms with Crippen LogP contribution in [0.2, 0.25) is 0 Å². The lowest BCUT2D eigenvalue weighted by Gasteiger charge is -2.49. The van der Waals surface area contributed by atoms with Gasteiger partial charge in [-0.1, -0.05) is 90.1 Å². The lowest BCUT2D eigenvalue weighted by Crippen LogP contribution is -2.61. The molecule has 3 aliphatic heterocycles. The minimum Gasteiger partial charge on any atom is -0.493 e. The van der Waals surface area contributed by atoms with E-state index in [-0.39, 0.29) is 50.4 Å². The number of para-hydroxylation sites is 1. The third-order valence-corrected chi connectivity index (χ3v) is 15.4. The molecule has 0 aliphatic carbocycles. The second-order valence-electron chi connectivity index (χ2n) is 21.9. The Morgan fingerprint density at radius 2 is 1.51 bits per heavy atom. The standard InChI is InChI=1S/C55H94N2O15/c1-15-17-18-19-20-24-28-43(58)70-50-39(8)68-44(33-54(50,10)64-14)71-47-37(6)49(72-52-46(59)41(57(12)13)31-35(4)67-52)53(9,62)32-34(3)45(56-66-30-25-29-65-40-26-22-21-23-27-40)36(5)48(60)55(11,63)42(16-2)69-51(61)38(47)7/h21-23,26-27,34-39,41-42,44,46-50,52,59-60,62-63H,15-20,24-25,28-33H2,1-14H3/b56-45+/t34-,35-,36-,37+,38-,39+,41+,42+,44?,46-,47+,48-,49-,50+,52+,53?,54-,55-/m1/s1. The number of hydrogen-bond donors (Lipinski definition) is 4. The van der Waals surface area contributed by atoms with Gasteiger partial charge < -0.3 is 68.1 Å². The Labute approximate surface area is 430 Å². The van der Waals surface area contributed by atoms with E-state index < -0.39 is 102 Å². The third-order valence-electron chi connectivity index (χ3n) is 15.4. The molecule has 4 N–H and O–H groups in total. The highest BCUT2D eigenvalue weighted by Gasteiger charge is 2.54. The first-order chi connectivity index (χ1) is 33.9. The zero-order valence-corrected chi connectivity index (χ0v) is 46.1. The number of unbranched alkanes of at least 4 members (excludes halogenated alkanes) is 5. The van der Waals surface area contributed by atoms with Crippen molar-refractivity contribution in [1.82, 2.24) is 4.90 Å². The molecule has 4 rings (SSSR count). The molecule has 17 heteroatoms. The Morgan fingerprint density at radius 1 is 0.847 bits per heavy atom. The van der Waals surface area contributed by atoms with Gasteiger partial charge in [0.25, 0.3) is 0 Å². The van der Waals surface area contributed by atoms with Gasteiger partial charge in [0.15, 0.2) is 18.7 Å². The zero-order chi connectivity index (χ0) is 53.6. The van der Waals surface area contributed by atoms with E-state index in [2.05, 4.69) is 12.1 Å². The van der Waals surface area contributed by atoms with Crippen LogP contribution in [0.25, 0.3) is 0 Å². The first-order valence-electron chi connectivity index (χ1n) is 26.8. The van der Waals surface area contributed by atoms with E-state index in [0.29, 0.717) is 25.2 Å². The molecule has 17 nitrogen and oxygen atoms in total. The van der Waals surface area contributed by atoms with Gasteiger partial charge in [0, 0.05) is 50.2 Å². The number of rotatable bonds is 21. The SMILES string of the molecule is CCCCCCCCC(=O)O[C@H]1[C@H](C)OC(O[C@H]2[C@H](C)[C@@H](O[C@@H]3O[C@H](C)C[C@H](N(C)C)[C@H]3O)C(C)(O)C[C@@H](C)/C(=N\OCCCOc3ccccc3)[C@@H](C)[C@@H](O)[C@](C)(O)[C@H](CC)OC(=O)[C@@H]2C)C[C@@]1(C)OC. The Hall–Kier alpha value is -2.97. The number of nitrogens with zero attached hydrogens (tertiary/aromatic N) is 2. The smallest absolute Gasteiger partial charge is 0.311 e. The van der Waals surface area contributed by atoms with Crippen LogP contribution in [0.1, 0.15) is 153 Å². The minimum atomic E-state index is -1.98. The second kappa shape index (κ2) is 28.2. The summed E-state index contributed by atoms with van der Waals surface area (Å²) in [6.45, 7) is 20.0. The average Bonchev–Trinajstić information content (AvgIpc) is 3.33. The first-order valence-corrected chi connectivity index (χ1v) is 26.8. The highest BCUT2D eigenvalue weighted by molar-refractivity contribution is 5.88. The highest BCUT2D eigenvalue weighted by Crippen LogP contribution is 2.42. The highest BCUT2D eigenvalue weighted by atomic mass is 16.7. The van der Waals surface area contributed by atoms with Gasteiger partial charge >= 0.3 is 11.9 Å². The zero-order valence-electron chi connectivity index (χ0n) is 46.1. The number of cyclic esters (lactones) is 1. The Bertz CT molecular complexity index is 1800. The quantitative estimate of drug-likeness (QED) is 0.0538. The lowest BCUT2D eigenvalue weighted by atomic mass is 9.73. The van der Waals surface area contributed by atoms with Crippen LogP contribution >= 0.6 is 0 Å². The first kappa shape index (κ1) is 61.6. The average molecular weight is 1020 g/mol. The summed E-state index contributed by atoms with van der Waals surface area (Å²) in [5.74, 6) is -3.80. The minimum absolute atomic E-state index is 0.0246. The summed E-state index contributed by atoms with van der Waals surface area (Å²) in [5, 5.41) is 53.8. The molecule has 3 aliphatic rings. The van der Waals surface area contributed by atoms with E-state index in [4.69, 9.17) is 42.7 Å². The van der Waals surface area contributed by atoms with E-state index >= 15 is 0 Å². The number of benzene rings is 1. The lowest BCUT2D eigenvalue weighted by molar-refractivity contribution is -0.318. The molecule has 0 amide bonds. The van der Waals surface area contributed by atoms with E-state index in [1.54, 1.807) is 48.7 Å². The van der Waals surface area contributed by atoms with Gasteiger partial charge in [-0.3, -0.25) is 9.59 Å². The third kappa shape index (κ3) is 16.5. The van der Waals surface area contributed by atoms with Crippen molar-refractivity contribution < 1.29 is 72.7 Å². The topological polar surface area (TPSA) is 214 Å². The molecule has 0 radical (unpaired) electrons. The van der Waals surface area contributed by atoms with Crippen LogP contribution < -0.4 is 4.74 Å². The van der Waals surface area contributed by atoms with Crippen LogP contribution in [0.3, 0.4) is 0 Å². The van der Waals surface area contributed by atoms with Crippen LogP contribution in [0.5, 0.6) is 5.75 Å². The molecule has 0 bridgehead atoms. The number of carbonyl (C=O) groups is 2. The summed E-state index contributed by atoms with van der Waals surface area (Å²) in [6.07, 6.45) is -2.54. The fraction of sp³-hybridized carbons (Fsp3) is 0.836. The summed E-state index contributed by atoms with van der Waals surface area (Å²) >= 11 is 0. The molecule has 2 unspecified atom stereocenters. The number of likely N-dealkylation sites (N-methyl/N-ethyl adjacent to an activating group) is 1. The molecule has 3 heterocycles. The second-order valence-corrected chi connectivity index (χ2v) is 21.9. The van der Waals surface area contributed by atoms with E-state index in [1.807, 2.05) is 70.1 Å². The Balaban J connectivity index is 1.75. The van der Waals surface area contributed by atoms with E-state index in [9.17, 15) is 30.0 Å². The van der Waals surface area contributed by atoms with E-state index in [0.717, 1.165) is 37.9 Å². The summed E-state index contributed by atoms with van der Waals surface area (Å²) in [7, 11) is 5.29. The number of esters is 2. The van der Waals surface area contributed by atoms with Gasteiger partial charge in [0.2, 0.25) is 0 Å². The predicted octanol–water partition coefficient (Wildman–Crippen LogP) is 7.36. The summed E-state index contributed by atoms with van der Waals surface area (Å²) in [4.78, 5) is 35.7. The number of ether oxygens (including phenoxy) is 8. The van der Waals surface area contributed by atoms with Crippen LogP contribution in [-0.4, -0.2) is 162 Å². The van der Waals surface area contributed by atoms with E-state index in [1.165, 1.54) is 13.3 Å². The maximum atomic E-state index is 14.7. The van der Waals surface area contributed by atoms with Gasteiger partial charge in [-0.15, -0.1) is 0 Å². The number of aliphatic hydroxyl groups is 4. The largest absolute Gasteiger partial charge is 0.493 e. The van der Waals surface area contributed by atoms with Crippen molar-refractivity contribution in [3.8, 4) is 5.75 Å². The molecule has 3 saturated heterocycles. The monoisotopic (exact) mass is 1020 g/mol. The maximum absolute atomic E-state index is 14.7. The molecular formula is C55H94N2O15. The number of aliphatic hydroxyl groups excluding tert-OH is 2. The number of carbonyl (C=O) groups excluding carboxylic acids is 2. The van der Waals surface area contributed by atoms with Crippen molar-refractivity contribution >= 4 is 17.7 Å². The number of methoxy groups -OCH3 is 1. The molecule has 72 heavy (non-hydrogen) atoms. The van der Waals surface area contributed by atoms with Crippen molar-refractivity contribution in [3.05, 3.63) is 30.3 Å². The van der Waals surface area contributed by atoms with Crippen LogP contribution in [0.4, 0.5) is 0 Å². The molecule has 1 aromatic carbocycles. The Kier molecular flexibility index (Phi) is 24.2. The molecule has 414 valence electrons. The van der Waals surface area contributed by atoms with Gasteiger partial charge in [0.05, 0.1) is 54.4 Å². The summed E-state index contributed by atoms with van der Waals surface area (Å²) in [6, 6.07) is 9.07. The van der Waals surface area contributed by atoms with Gasteiger partial charge in [-0.25, -0.2) is 0 Å². The van der Waals surface area contributed by atoms with Crippen molar-refractivity contribution in [3.63, 3.8) is 0 Å². The maximum Gasteiger partial charge on any atom is 0.311 e. The predicted molar refractivity (Wildman–Crippen MR) is 273 cm³/mol. The number of oxime groups is 1.